The lowest BCUT2D eigenvalue weighted by molar-refractivity contribution is -0.140. The number of esters is 1. The molecule has 0 aliphatic rings. The molecule has 0 amide bonds. The molecular formula is C7H13O2. The van der Waals surface area contributed by atoms with Crippen molar-refractivity contribution in [3.63, 3.8) is 0 Å². The molecule has 0 fully saturated rings. The lowest BCUT2D eigenvalue weighted by Crippen LogP contribution is -2.02. The molecule has 0 aliphatic heterocycles. The van der Waals surface area contributed by atoms with Gasteiger partial charge in [-0.3, -0.25) is 4.79 Å². The first-order valence-electron chi connectivity index (χ1n) is 3.05. The van der Waals surface area contributed by atoms with E-state index < -0.39 is 0 Å². The number of hydrogen-bond acceptors (Lipinski definition) is 2. The van der Waals surface area contributed by atoms with Crippen LogP contribution in [0, 0.1) is 5.92 Å². The van der Waals surface area contributed by atoms with E-state index in [1.165, 1.54) is 12.8 Å². The van der Waals surface area contributed by atoms with Gasteiger partial charge in [0.1, 0.15) is 0 Å². The van der Waals surface area contributed by atoms with Crippen LogP contribution in [0.5, 0.6) is 0 Å². The minimum absolute atomic E-state index is 0.198. The van der Waals surface area contributed by atoms with Crippen LogP contribution in [-0.4, -0.2) is 12.6 Å². The minimum Gasteiger partial charge on any atom is -0.466 e. The van der Waals surface area contributed by atoms with Crippen LogP contribution in [-0.2, 0) is 9.53 Å². The lowest BCUT2D eigenvalue weighted by atomic mass is 10.1. The second kappa shape index (κ2) is 4.36. The molecule has 53 valence electrons. The van der Waals surface area contributed by atoms with Gasteiger partial charge in [0.2, 0.25) is 0 Å². The molecule has 0 heterocycles. The zero-order valence-corrected chi connectivity index (χ0v) is 6.23. The summed E-state index contributed by atoms with van der Waals surface area (Å²) in [5, 5.41) is 0. The van der Waals surface area contributed by atoms with Crippen molar-refractivity contribution in [3.05, 3.63) is 5.92 Å². The summed E-state index contributed by atoms with van der Waals surface area (Å²) in [5.74, 6) is 1.09. The molecule has 1 radical (unpaired) electrons. The van der Waals surface area contributed by atoms with Crippen LogP contribution < -0.4 is 0 Å². The molecule has 0 aromatic rings. The Bertz CT molecular complexity index is 86.9. The molecule has 0 saturated carbocycles. The summed E-state index contributed by atoms with van der Waals surface area (Å²) in [5.41, 5.74) is 0. The van der Waals surface area contributed by atoms with Crippen LogP contribution in [0.25, 0.3) is 0 Å². The molecule has 0 aliphatic carbocycles. The van der Waals surface area contributed by atoms with Gasteiger partial charge in [-0.15, -0.1) is 0 Å². The smallest absolute Gasteiger partial charge is 0.302 e. The summed E-state index contributed by atoms with van der Waals surface area (Å²) in [7, 11) is 0. The Kier molecular flexibility index (Phi) is 4.10. The molecule has 0 atom stereocenters. The van der Waals surface area contributed by atoms with Gasteiger partial charge in [0, 0.05) is 6.92 Å². The third kappa shape index (κ3) is 7.47. The van der Waals surface area contributed by atoms with Crippen molar-refractivity contribution < 1.29 is 9.53 Å². The van der Waals surface area contributed by atoms with Gasteiger partial charge in [0.05, 0.1) is 6.61 Å². The van der Waals surface area contributed by atoms with Gasteiger partial charge >= 0.3 is 5.97 Å². The lowest BCUT2D eigenvalue weighted by Gasteiger charge is -2.02. The van der Waals surface area contributed by atoms with E-state index in [-0.39, 0.29) is 5.97 Å². The third-order valence-corrected chi connectivity index (χ3v) is 0.907. The van der Waals surface area contributed by atoms with E-state index >= 15 is 0 Å². The molecule has 0 N–H and O–H groups in total. The summed E-state index contributed by atoms with van der Waals surface area (Å²) < 4.78 is 4.69. The van der Waals surface area contributed by atoms with Crippen LogP contribution in [0.2, 0.25) is 0 Å². The topological polar surface area (TPSA) is 26.3 Å². The highest BCUT2D eigenvalue weighted by atomic mass is 16.5. The highest BCUT2D eigenvalue weighted by Gasteiger charge is 1.95. The van der Waals surface area contributed by atoms with Crippen molar-refractivity contribution in [2.24, 2.45) is 0 Å². The van der Waals surface area contributed by atoms with Gasteiger partial charge < -0.3 is 4.74 Å². The maximum absolute atomic E-state index is 10.2. The average molecular weight is 129 g/mol. The van der Waals surface area contributed by atoms with Crippen molar-refractivity contribution >= 4 is 5.97 Å². The fraction of sp³-hybridized carbons (Fsp3) is 0.714. The van der Waals surface area contributed by atoms with Gasteiger partial charge in [0.25, 0.3) is 0 Å². The molecule has 2 heteroatoms. The Balaban J connectivity index is 3.01. The Morgan fingerprint density at radius 2 is 1.89 bits per heavy atom. The molecule has 2 nitrogen and oxygen atoms in total. The van der Waals surface area contributed by atoms with E-state index in [9.17, 15) is 4.79 Å². The Labute approximate surface area is 56.2 Å². The summed E-state index contributed by atoms with van der Waals surface area (Å²) in [6, 6.07) is 0. The predicted molar refractivity (Wildman–Crippen MR) is 35.8 cm³/mol. The SMILES string of the molecule is C[C](C)CCOC(C)=O. The monoisotopic (exact) mass is 129 g/mol. The quantitative estimate of drug-likeness (QED) is 0.540. The maximum Gasteiger partial charge on any atom is 0.302 e. The molecule has 0 saturated heterocycles. The van der Waals surface area contributed by atoms with Crippen molar-refractivity contribution in [1.29, 1.82) is 0 Å². The molecule has 9 heavy (non-hydrogen) atoms. The van der Waals surface area contributed by atoms with Crippen LogP contribution in [0.4, 0.5) is 0 Å². The van der Waals surface area contributed by atoms with Crippen molar-refractivity contribution in [3.8, 4) is 0 Å². The predicted octanol–water partition coefficient (Wildman–Crippen LogP) is 1.55. The third-order valence-electron chi connectivity index (χ3n) is 0.907. The number of carbonyl (C=O) groups is 1. The second-order valence-electron chi connectivity index (χ2n) is 2.30. The first kappa shape index (κ1) is 8.47. The number of carbonyl (C=O) groups excluding carboxylic acids is 1. The molecule has 0 aromatic heterocycles. The van der Waals surface area contributed by atoms with Gasteiger partial charge in [-0.05, 0) is 12.3 Å². The Morgan fingerprint density at radius 3 is 2.22 bits per heavy atom. The van der Waals surface area contributed by atoms with Crippen LogP contribution in [0.15, 0.2) is 0 Å². The van der Waals surface area contributed by atoms with E-state index in [2.05, 4.69) is 0 Å². The first-order chi connectivity index (χ1) is 4.13. The molecule has 0 unspecified atom stereocenters. The Morgan fingerprint density at radius 1 is 1.33 bits per heavy atom. The van der Waals surface area contributed by atoms with Gasteiger partial charge in [-0.25, -0.2) is 0 Å². The van der Waals surface area contributed by atoms with Crippen molar-refractivity contribution in [2.75, 3.05) is 6.61 Å². The second-order valence-corrected chi connectivity index (χ2v) is 2.30. The van der Waals surface area contributed by atoms with Crippen LogP contribution in [0.1, 0.15) is 27.2 Å². The Hall–Kier alpha value is -0.530. The van der Waals surface area contributed by atoms with E-state index in [0.29, 0.717) is 6.61 Å². The zero-order valence-electron chi connectivity index (χ0n) is 6.23. The van der Waals surface area contributed by atoms with E-state index in [1.54, 1.807) is 0 Å². The summed E-state index contributed by atoms with van der Waals surface area (Å²) in [6.45, 7) is 5.98. The van der Waals surface area contributed by atoms with Gasteiger partial charge in [-0.2, -0.15) is 0 Å². The molecular weight excluding hydrogens is 116 g/mol. The fourth-order valence-corrected chi connectivity index (χ4v) is 0.399. The van der Waals surface area contributed by atoms with Gasteiger partial charge in [0.15, 0.2) is 0 Å². The number of ether oxygens (including phenoxy) is 1. The normalized spacial score (nSPS) is 9.78. The first-order valence-corrected chi connectivity index (χ1v) is 3.05. The number of rotatable bonds is 3. The van der Waals surface area contributed by atoms with E-state index in [1.807, 2.05) is 13.8 Å². The van der Waals surface area contributed by atoms with Gasteiger partial charge in [-0.1, -0.05) is 13.8 Å². The summed E-state index contributed by atoms with van der Waals surface area (Å²) >= 11 is 0. The van der Waals surface area contributed by atoms with Crippen molar-refractivity contribution in [2.45, 2.75) is 27.2 Å². The largest absolute Gasteiger partial charge is 0.466 e. The average Bonchev–Trinajstić information content (AvgIpc) is 1.63. The van der Waals surface area contributed by atoms with Crippen LogP contribution >= 0.6 is 0 Å². The summed E-state index contributed by atoms with van der Waals surface area (Å²) in [6.07, 6.45) is 0.875. The van der Waals surface area contributed by atoms with Crippen LogP contribution in [0.3, 0.4) is 0 Å². The molecule has 0 aromatic carbocycles. The molecule has 0 bridgehead atoms. The van der Waals surface area contributed by atoms with Crippen molar-refractivity contribution in [1.82, 2.24) is 0 Å². The maximum atomic E-state index is 10.2. The van der Waals surface area contributed by atoms with E-state index in [4.69, 9.17) is 4.74 Å². The highest BCUT2D eigenvalue weighted by Crippen LogP contribution is 2.00. The molecule has 0 spiro atoms. The van der Waals surface area contributed by atoms with E-state index in [0.717, 1.165) is 6.42 Å². The molecule has 0 rings (SSSR count). The number of hydrogen-bond donors (Lipinski definition) is 0. The fourth-order valence-electron chi connectivity index (χ4n) is 0.399. The summed E-state index contributed by atoms with van der Waals surface area (Å²) in [4.78, 5) is 10.2. The minimum atomic E-state index is -0.198. The highest BCUT2D eigenvalue weighted by molar-refractivity contribution is 5.65. The standard InChI is InChI=1S/C7H13O2/c1-6(2)4-5-9-7(3)8/h4-5H2,1-3H3. The zero-order chi connectivity index (χ0) is 7.28.